The molecule has 2 aromatic rings. The predicted octanol–water partition coefficient (Wildman–Crippen LogP) is 0.428. The van der Waals surface area contributed by atoms with E-state index in [-0.39, 0.29) is 0 Å². The molecule has 6 nitrogen and oxygen atoms in total. The molecular weight excluding hydrogens is 276 g/mol. The van der Waals surface area contributed by atoms with E-state index < -0.39 is 12.2 Å². The summed E-state index contributed by atoms with van der Waals surface area (Å²) in [4.78, 5) is 12.9. The molecule has 108 valence electrons. The van der Waals surface area contributed by atoms with Gasteiger partial charge in [0.25, 0.3) is 0 Å². The van der Waals surface area contributed by atoms with Crippen molar-refractivity contribution in [3.8, 4) is 0 Å². The average Bonchev–Trinajstić information content (AvgIpc) is 2.81. The first-order valence-corrected chi connectivity index (χ1v) is 7.38. The van der Waals surface area contributed by atoms with Gasteiger partial charge in [-0.25, -0.2) is 9.97 Å². The molecule has 1 saturated heterocycles. The van der Waals surface area contributed by atoms with Crippen molar-refractivity contribution >= 4 is 27.4 Å². The van der Waals surface area contributed by atoms with Crippen LogP contribution < -0.4 is 5.73 Å². The number of hydrogen-bond donors (Lipinski definition) is 3. The number of aryl methyl sites for hydroxylation is 2. The van der Waals surface area contributed by atoms with Gasteiger partial charge >= 0.3 is 0 Å². The first-order chi connectivity index (χ1) is 9.45. The fourth-order valence-corrected chi connectivity index (χ4v) is 3.63. The van der Waals surface area contributed by atoms with Crippen molar-refractivity contribution in [2.45, 2.75) is 32.6 Å². The number of rotatable bonds is 2. The van der Waals surface area contributed by atoms with Gasteiger partial charge in [-0.05, 0) is 19.4 Å². The Morgan fingerprint density at radius 2 is 1.90 bits per heavy atom. The lowest BCUT2D eigenvalue weighted by molar-refractivity contribution is 0.0572. The Morgan fingerprint density at radius 1 is 1.25 bits per heavy atom. The van der Waals surface area contributed by atoms with Gasteiger partial charge in [0.1, 0.15) is 16.5 Å². The highest BCUT2D eigenvalue weighted by molar-refractivity contribution is 7.18. The van der Waals surface area contributed by atoms with E-state index >= 15 is 0 Å². The molecule has 0 aliphatic carbocycles. The quantitative estimate of drug-likeness (QED) is 0.743. The molecule has 0 bridgehead atoms. The fraction of sp³-hybridized carbons (Fsp3) is 0.538. The molecule has 7 heteroatoms. The van der Waals surface area contributed by atoms with Crippen molar-refractivity contribution in [3.05, 3.63) is 16.3 Å². The summed E-state index contributed by atoms with van der Waals surface area (Å²) >= 11 is 1.62. The highest BCUT2D eigenvalue weighted by Gasteiger charge is 2.30. The van der Waals surface area contributed by atoms with Gasteiger partial charge in [0.2, 0.25) is 0 Å². The van der Waals surface area contributed by atoms with E-state index in [1.807, 2.05) is 18.7 Å². The van der Waals surface area contributed by atoms with Gasteiger partial charge in [-0.2, -0.15) is 0 Å². The number of hydrogen-bond acceptors (Lipinski definition) is 7. The molecule has 2 unspecified atom stereocenters. The van der Waals surface area contributed by atoms with Crippen LogP contribution in [-0.2, 0) is 6.54 Å². The lowest BCUT2D eigenvalue weighted by atomic mass is 10.2. The number of thiophene rings is 1. The minimum Gasteiger partial charge on any atom is -0.389 e. The topological polar surface area (TPSA) is 95.5 Å². The molecule has 1 aliphatic heterocycles. The molecular formula is C13H18N4O2S. The lowest BCUT2D eigenvalue weighted by Gasteiger charge is -2.13. The van der Waals surface area contributed by atoms with E-state index in [1.165, 1.54) is 4.88 Å². The Labute approximate surface area is 120 Å². The van der Waals surface area contributed by atoms with Crippen LogP contribution >= 0.6 is 11.3 Å². The van der Waals surface area contributed by atoms with Crippen LogP contribution in [0.4, 0.5) is 5.82 Å². The van der Waals surface area contributed by atoms with Gasteiger partial charge in [0.05, 0.1) is 24.1 Å². The summed E-state index contributed by atoms with van der Waals surface area (Å²) in [6.45, 7) is 5.44. The molecule has 0 spiro atoms. The summed E-state index contributed by atoms with van der Waals surface area (Å²) in [6.07, 6.45) is -1.38. The van der Waals surface area contributed by atoms with Crippen molar-refractivity contribution in [2.24, 2.45) is 0 Å². The van der Waals surface area contributed by atoms with Crippen LogP contribution in [0.2, 0.25) is 0 Å². The van der Waals surface area contributed by atoms with Crippen LogP contribution in [0.3, 0.4) is 0 Å². The Hall–Kier alpha value is -1.28. The number of aromatic nitrogens is 2. The SMILES string of the molecule is Cc1sc2nc(CN3CC(O)C(O)C3)nc(N)c2c1C. The number of β-amino-alcohol motifs (C(OH)–C–C–N with tert-alkyl or cyclic N) is 2. The molecule has 4 N–H and O–H groups in total. The second kappa shape index (κ2) is 4.92. The second-order valence-electron chi connectivity index (χ2n) is 5.32. The number of anilines is 1. The number of nitrogens with zero attached hydrogens (tertiary/aromatic N) is 3. The minimum atomic E-state index is -0.692. The van der Waals surface area contributed by atoms with Crippen LogP contribution in [0, 0.1) is 13.8 Å². The fourth-order valence-electron chi connectivity index (χ4n) is 2.57. The maximum atomic E-state index is 9.56. The molecule has 1 fully saturated rings. The Bertz CT molecular complexity index is 647. The van der Waals surface area contributed by atoms with E-state index in [1.54, 1.807) is 11.3 Å². The largest absolute Gasteiger partial charge is 0.389 e. The molecule has 0 radical (unpaired) electrons. The summed E-state index contributed by atoms with van der Waals surface area (Å²) in [5, 5.41) is 20.1. The van der Waals surface area contributed by atoms with Crippen molar-refractivity contribution in [1.29, 1.82) is 0 Å². The zero-order chi connectivity index (χ0) is 14.4. The van der Waals surface area contributed by atoms with Gasteiger partial charge in [-0.3, -0.25) is 4.90 Å². The van der Waals surface area contributed by atoms with Gasteiger partial charge in [-0.1, -0.05) is 0 Å². The van der Waals surface area contributed by atoms with Gasteiger partial charge < -0.3 is 15.9 Å². The van der Waals surface area contributed by atoms with Gasteiger partial charge in [0.15, 0.2) is 0 Å². The number of aliphatic hydroxyl groups excluding tert-OH is 2. The van der Waals surface area contributed by atoms with E-state index in [9.17, 15) is 10.2 Å². The Morgan fingerprint density at radius 3 is 2.55 bits per heavy atom. The number of nitrogen functional groups attached to an aromatic ring is 1. The Balaban J connectivity index is 1.90. The highest BCUT2D eigenvalue weighted by Crippen LogP contribution is 2.32. The predicted molar refractivity (Wildman–Crippen MR) is 78.6 cm³/mol. The molecule has 0 saturated carbocycles. The zero-order valence-corrected chi connectivity index (χ0v) is 12.3. The highest BCUT2D eigenvalue weighted by atomic mass is 32.1. The number of fused-ring (bicyclic) bond motifs is 1. The number of aliphatic hydroxyl groups is 2. The molecule has 3 rings (SSSR count). The molecule has 2 atom stereocenters. The summed E-state index contributed by atoms with van der Waals surface area (Å²) in [5.74, 6) is 1.14. The third-order valence-electron chi connectivity index (χ3n) is 3.80. The summed E-state index contributed by atoms with van der Waals surface area (Å²) in [5.41, 5.74) is 7.18. The second-order valence-corrected chi connectivity index (χ2v) is 6.52. The molecule has 2 aromatic heterocycles. The molecule has 1 aliphatic rings. The first kappa shape index (κ1) is 13.7. The van der Waals surface area contributed by atoms with E-state index in [0.717, 1.165) is 15.8 Å². The maximum Gasteiger partial charge on any atom is 0.146 e. The normalized spacial score (nSPS) is 23.8. The van der Waals surface area contributed by atoms with Crippen LogP contribution in [-0.4, -0.2) is 50.4 Å². The van der Waals surface area contributed by atoms with E-state index in [4.69, 9.17) is 5.73 Å². The summed E-state index contributed by atoms with van der Waals surface area (Å²) in [7, 11) is 0. The van der Waals surface area contributed by atoms with Crippen LogP contribution in [0.15, 0.2) is 0 Å². The van der Waals surface area contributed by atoms with E-state index in [2.05, 4.69) is 9.97 Å². The molecule has 20 heavy (non-hydrogen) atoms. The number of likely N-dealkylation sites (tertiary alicyclic amines) is 1. The standard InChI is InChI=1S/C13H18N4O2S/c1-6-7(2)20-13-11(6)12(14)15-10(16-13)5-17-3-8(18)9(19)4-17/h8-9,18-19H,3-5H2,1-2H3,(H2,14,15,16). The minimum absolute atomic E-state index is 0.435. The van der Waals surface area contributed by atoms with Crippen LogP contribution in [0.1, 0.15) is 16.3 Å². The Kier molecular flexibility index (Phi) is 3.37. The van der Waals surface area contributed by atoms with Crippen molar-refractivity contribution in [1.82, 2.24) is 14.9 Å². The molecule has 0 aromatic carbocycles. The monoisotopic (exact) mass is 294 g/mol. The first-order valence-electron chi connectivity index (χ1n) is 6.56. The smallest absolute Gasteiger partial charge is 0.146 e. The van der Waals surface area contributed by atoms with Gasteiger partial charge in [-0.15, -0.1) is 11.3 Å². The van der Waals surface area contributed by atoms with Crippen molar-refractivity contribution in [3.63, 3.8) is 0 Å². The third kappa shape index (κ3) is 2.26. The van der Waals surface area contributed by atoms with E-state index in [0.29, 0.717) is 31.3 Å². The van der Waals surface area contributed by atoms with Crippen molar-refractivity contribution < 1.29 is 10.2 Å². The molecule has 0 amide bonds. The number of nitrogens with two attached hydrogens (primary N) is 1. The maximum absolute atomic E-state index is 9.56. The van der Waals surface area contributed by atoms with Crippen LogP contribution in [0.25, 0.3) is 10.2 Å². The third-order valence-corrected chi connectivity index (χ3v) is 4.90. The average molecular weight is 294 g/mol. The van der Waals surface area contributed by atoms with Crippen LogP contribution in [0.5, 0.6) is 0 Å². The summed E-state index contributed by atoms with van der Waals surface area (Å²) < 4.78 is 0. The van der Waals surface area contributed by atoms with Crippen molar-refractivity contribution in [2.75, 3.05) is 18.8 Å². The summed E-state index contributed by atoms with van der Waals surface area (Å²) in [6, 6.07) is 0. The molecule has 3 heterocycles. The van der Waals surface area contributed by atoms with Gasteiger partial charge in [0, 0.05) is 18.0 Å². The zero-order valence-electron chi connectivity index (χ0n) is 11.5. The lowest BCUT2D eigenvalue weighted by Crippen LogP contribution is -2.23.